The number of nitrogen functional groups attached to an aromatic ring is 1. The topological polar surface area (TPSA) is 55.0 Å². The molecule has 96 valence electrons. The van der Waals surface area contributed by atoms with E-state index in [0.29, 0.717) is 10.6 Å². The van der Waals surface area contributed by atoms with Crippen LogP contribution >= 0.6 is 34.7 Å². The van der Waals surface area contributed by atoms with E-state index in [1.807, 2.05) is 19.0 Å². The third kappa shape index (κ3) is 2.85. The van der Waals surface area contributed by atoms with Gasteiger partial charge < -0.3 is 10.6 Å². The molecule has 1 heterocycles. The number of rotatable bonds is 3. The smallest absolute Gasteiger partial charge is 0.208 e. The first-order valence-electron chi connectivity index (χ1n) is 4.90. The van der Waals surface area contributed by atoms with Gasteiger partial charge in [0, 0.05) is 24.7 Å². The Balaban J connectivity index is 2.25. The fraction of sp³-hybridized carbons (Fsp3) is 0.200. The highest BCUT2D eigenvalue weighted by molar-refractivity contribution is 8.01. The van der Waals surface area contributed by atoms with E-state index >= 15 is 0 Å². The summed E-state index contributed by atoms with van der Waals surface area (Å²) < 4.78 is 13.9. The molecular weight excluding hydrogens is 295 g/mol. The lowest BCUT2D eigenvalue weighted by Gasteiger charge is -2.05. The normalized spacial score (nSPS) is 10.7. The summed E-state index contributed by atoms with van der Waals surface area (Å²) in [6.07, 6.45) is 0. The highest BCUT2D eigenvalue weighted by atomic mass is 35.5. The van der Waals surface area contributed by atoms with Crippen molar-refractivity contribution in [1.29, 1.82) is 0 Å². The van der Waals surface area contributed by atoms with Crippen LogP contribution in [0.15, 0.2) is 21.4 Å². The molecule has 0 atom stereocenters. The van der Waals surface area contributed by atoms with E-state index in [1.54, 1.807) is 0 Å². The molecule has 0 aliphatic carbocycles. The van der Waals surface area contributed by atoms with Gasteiger partial charge >= 0.3 is 0 Å². The minimum Gasteiger partial charge on any atom is -0.398 e. The van der Waals surface area contributed by atoms with Crippen LogP contribution < -0.4 is 10.6 Å². The molecule has 0 unspecified atom stereocenters. The third-order valence-electron chi connectivity index (χ3n) is 2.03. The lowest BCUT2D eigenvalue weighted by molar-refractivity contribution is 0.628. The van der Waals surface area contributed by atoms with Gasteiger partial charge in [-0.2, -0.15) is 0 Å². The summed E-state index contributed by atoms with van der Waals surface area (Å²) in [7, 11) is 3.77. The van der Waals surface area contributed by atoms with Crippen molar-refractivity contribution in [3.05, 3.63) is 23.0 Å². The van der Waals surface area contributed by atoms with E-state index in [1.165, 1.54) is 35.2 Å². The number of anilines is 2. The van der Waals surface area contributed by atoms with Crippen molar-refractivity contribution >= 4 is 45.5 Å². The molecule has 0 aliphatic rings. The zero-order chi connectivity index (χ0) is 13.3. The highest BCUT2D eigenvalue weighted by Crippen LogP contribution is 2.37. The van der Waals surface area contributed by atoms with Crippen LogP contribution in [-0.2, 0) is 0 Å². The molecular formula is C10H10ClFN4S2. The summed E-state index contributed by atoms with van der Waals surface area (Å²) >= 11 is 8.47. The van der Waals surface area contributed by atoms with Crippen LogP contribution in [0.4, 0.5) is 15.2 Å². The van der Waals surface area contributed by atoms with E-state index < -0.39 is 5.82 Å². The van der Waals surface area contributed by atoms with Gasteiger partial charge in [0.05, 0.1) is 5.02 Å². The van der Waals surface area contributed by atoms with Gasteiger partial charge in [-0.15, -0.1) is 10.2 Å². The van der Waals surface area contributed by atoms with Gasteiger partial charge in [-0.3, -0.25) is 0 Å². The van der Waals surface area contributed by atoms with Crippen LogP contribution in [0.3, 0.4) is 0 Å². The Hall–Kier alpha value is -1.05. The van der Waals surface area contributed by atoms with Crippen LogP contribution in [0.1, 0.15) is 0 Å². The van der Waals surface area contributed by atoms with Gasteiger partial charge in [0.1, 0.15) is 5.82 Å². The van der Waals surface area contributed by atoms with Crippen molar-refractivity contribution in [1.82, 2.24) is 10.2 Å². The molecule has 8 heteroatoms. The maximum atomic E-state index is 13.2. The minimum atomic E-state index is -0.523. The van der Waals surface area contributed by atoms with Crippen molar-refractivity contribution < 1.29 is 4.39 Å². The first-order chi connectivity index (χ1) is 8.47. The van der Waals surface area contributed by atoms with Crippen LogP contribution in [0.5, 0.6) is 0 Å². The molecule has 2 rings (SSSR count). The van der Waals surface area contributed by atoms with Gasteiger partial charge in [0.15, 0.2) is 4.34 Å². The summed E-state index contributed by atoms with van der Waals surface area (Å²) in [4.78, 5) is 2.53. The largest absolute Gasteiger partial charge is 0.398 e. The molecule has 0 fully saturated rings. The fourth-order valence-corrected chi connectivity index (χ4v) is 3.16. The molecule has 0 amide bonds. The summed E-state index contributed by atoms with van der Waals surface area (Å²) in [5.41, 5.74) is 6.07. The fourth-order valence-electron chi connectivity index (χ4n) is 1.15. The van der Waals surface area contributed by atoms with E-state index in [2.05, 4.69) is 10.2 Å². The van der Waals surface area contributed by atoms with Crippen LogP contribution in [0, 0.1) is 5.82 Å². The van der Waals surface area contributed by atoms with Crippen molar-refractivity contribution in [2.75, 3.05) is 24.7 Å². The average molecular weight is 305 g/mol. The molecule has 1 aromatic heterocycles. The number of nitrogens with zero attached hydrogens (tertiary/aromatic N) is 3. The van der Waals surface area contributed by atoms with E-state index in [9.17, 15) is 4.39 Å². The second-order valence-corrected chi connectivity index (χ2v) is 6.30. The van der Waals surface area contributed by atoms with E-state index in [-0.39, 0.29) is 5.02 Å². The number of aromatic nitrogens is 2. The first-order valence-corrected chi connectivity index (χ1v) is 6.91. The van der Waals surface area contributed by atoms with Gasteiger partial charge in [-0.05, 0) is 12.1 Å². The average Bonchev–Trinajstić information content (AvgIpc) is 2.74. The summed E-state index contributed by atoms with van der Waals surface area (Å²) in [5, 5.41) is 8.87. The van der Waals surface area contributed by atoms with Gasteiger partial charge in [0.2, 0.25) is 5.13 Å². The molecule has 0 bridgehead atoms. The molecule has 0 radical (unpaired) electrons. The Bertz CT molecular complexity index is 573. The molecule has 0 saturated heterocycles. The first kappa shape index (κ1) is 13.4. The molecule has 1 aromatic carbocycles. The summed E-state index contributed by atoms with van der Waals surface area (Å²) in [6.45, 7) is 0. The standard InChI is InChI=1S/C10H10ClFN4S2/c1-16(2)9-14-15-10(18-9)17-8-3-5(11)6(12)4-7(8)13/h3-4H,13H2,1-2H3. The Morgan fingerprint density at radius 3 is 2.72 bits per heavy atom. The Morgan fingerprint density at radius 2 is 2.11 bits per heavy atom. The molecule has 2 N–H and O–H groups in total. The second kappa shape index (κ2) is 5.29. The van der Waals surface area contributed by atoms with Gasteiger partial charge in [0.25, 0.3) is 0 Å². The SMILES string of the molecule is CN(C)c1nnc(Sc2cc(Cl)c(F)cc2N)s1. The number of hydrogen-bond acceptors (Lipinski definition) is 6. The number of halogens is 2. The van der Waals surface area contributed by atoms with E-state index in [0.717, 1.165) is 9.47 Å². The van der Waals surface area contributed by atoms with Gasteiger partial charge in [-0.1, -0.05) is 34.7 Å². The molecule has 2 aromatic rings. The lowest BCUT2D eigenvalue weighted by atomic mass is 10.3. The van der Waals surface area contributed by atoms with Crippen molar-refractivity contribution in [2.24, 2.45) is 0 Å². The lowest BCUT2D eigenvalue weighted by Crippen LogP contribution is -2.07. The second-order valence-electron chi connectivity index (χ2n) is 3.65. The van der Waals surface area contributed by atoms with Crippen molar-refractivity contribution in [2.45, 2.75) is 9.24 Å². The van der Waals surface area contributed by atoms with Crippen LogP contribution in [0.25, 0.3) is 0 Å². The molecule has 0 saturated carbocycles. The maximum Gasteiger partial charge on any atom is 0.208 e. The zero-order valence-electron chi connectivity index (χ0n) is 9.65. The predicted octanol–water partition coefficient (Wildman–Crippen LogP) is 3.13. The molecule has 0 spiro atoms. The molecule has 0 aliphatic heterocycles. The van der Waals surface area contributed by atoms with Crippen LogP contribution in [-0.4, -0.2) is 24.3 Å². The third-order valence-corrected chi connectivity index (χ3v) is 4.53. The van der Waals surface area contributed by atoms with Crippen molar-refractivity contribution in [3.8, 4) is 0 Å². The predicted molar refractivity (Wildman–Crippen MR) is 74.2 cm³/mol. The van der Waals surface area contributed by atoms with E-state index in [4.69, 9.17) is 17.3 Å². The zero-order valence-corrected chi connectivity index (χ0v) is 12.0. The highest BCUT2D eigenvalue weighted by Gasteiger charge is 2.11. The summed E-state index contributed by atoms with van der Waals surface area (Å²) in [5.74, 6) is -0.523. The monoisotopic (exact) mass is 304 g/mol. The maximum absolute atomic E-state index is 13.2. The molecule has 18 heavy (non-hydrogen) atoms. The Kier molecular flexibility index (Phi) is 3.94. The summed E-state index contributed by atoms with van der Waals surface area (Å²) in [6, 6.07) is 2.70. The minimum absolute atomic E-state index is 0.0454. The quantitative estimate of drug-likeness (QED) is 0.883. The molecule has 4 nitrogen and oxygen atoms in total. The van der Waals surface area contributed by atoms with Crippen LogP contribution in [0.2, 0.25) is 5.02 Å². The van der Waals surface area contributed by atoms with Crippen molar-refractivity contribution in [3.63, 3.8) is 0 Å². The Labute approximate surface area is 117 Å². The van der Waals surface area contributed by atoms with Gasteiger partial charge in [-0.25, -0.2) is 4.39 Å². The Morgan fingerprint density at radius 1 is 1.39 bits per heavy atom. The number of benzene rings is 1. The number of nitrogens with two attached hydrogens (primary N) is 1. The number of hydrogen-bond donors (Lipinski definition) is 1.